The molecule has 0 aliphatic rings. The van der Waals surface area contributed by atoms with Gasteiger partial charge in [0.2, 0.25) is 0 Å². The second-order valence-electron chi connectivity index (χ2n) is 4.40. The van der Waals surface area contributed by atoms with Gasteiger partial charge in [0, 0.05) is 11.6 Å². The summed E-state index contributed by atoms with van der Waals surface area (Å²) in [5, 5.41) is 0.407. The Labute approximate surface area is 115 Å². The average molecular weight is 269 g/mol. The number of hydrogen-bond acceptors (Lipinski definition) is 2. The molecule has 3 rings (SSSR count). The standard InChI is InChI=1S/C16H12FNO2/c17-14-7-4-8-15-13(14)9-10-18(15)16(19)20-11-12-5-2-1-3-6-12/h1-10H,11H2. The zero-order valence-electron chi connectivity index (χ0n) is 10.6. The molecule has 0 amide bonds. The average Bonchev–Trinajstić information content (AvgIpc) is 2.91. The molecule has 0 spiro atoms. The Balaban J connectivity index is 1.81. The maximum Gasteiger partial charge on any atom is 0.418 e. The number of carbonyl (C=O) groups is 1. The highest BCUT2D eigenvalue weighted by Gasteiger charge is 2.12. The summed E-state index contributed by atoms with van der Waals surface area (Å²) in [7, 11) is 0. The van der Waals surface area contributed by atoms with Crippen molar-refractivity contribution in [3.8, 4) is 0 Å². The summed E-state index contributed by atoms with van der Waals surface area (Å²) in [6, 6.07) is 15.6. The van der Waals surface area contributed by atoms with E-state index in [4.69, 9.17) is 4.74 Å². The van der Waals surface area contributed by atoms with Gasteiger partial charge in [0.1, 0.15) is 12.4 Å². The first kappa shape index (κ1) is 12.4. The maximum atomic E-state index is 13.5. The fourth-order valence-corrected chi connectivity index (χ4v) is 2.08. The largest absolute Gasteiger partial charge is 0.444 e. The van der Waals surface area contributed by atoms with Crippen molar-refractivity contribution in [3.63, 3.8) is 0 Å². The molecule has 3 nitrogen and oxygen atoms in total. The van der Waals surface area contributed by atoms with Gasteiger partial charge in [-0.05, 0) is 23.8 Å². The molecule has 0 radical (unpaired) electrons. The van der Waals surface area contributed by atoms with Crippen LogP contribution < -0.4 is 0 Å². The number of aromatic nitrogens is 1. The van der Waals surface area contributed by atoms with E-state index < -0.39 is 6.09 Å². The van der Waals surface area contributed by atoms with Crippen molar-refractivity contribution < 1.29 is 13.9 Å². The summed E-state index contributed by atoms with van der Waals surface area (Å²) >= 11 is 0. The van der Waals surface area contributed by atoms with Gasteiger partial charge in [-0.25, -0.2) is 9.18 Å². The van der Waals surface area contributed by atoms with Crippen molar-refractivity contribution in [2.24, 2.45) is 0 Å². The number of fused-ring (bicyclic) bond motifs is 1. The van der Waals surface area contributed by atoms with Crippen LogP contribution >= 0.6 is 0 Å². The molecule has 0 saturated heterocycles. The highest BCUT2D eigenvalue weighted by molar-refractivity contribution is 5.89. The van der Waals surface area contributed by atoms with Gasteiger partial charge in [-0.2, -0.15) is 0 Å². The van der Waals surface area contributed by atoms with Gasteiger partial charge < -0.3 is 4.74 Å². The minimum atomic E-state index is -0.519. The van der Waals surface area contributed by atoms with Crippen molar-refractivity contribution in [1.82, 2.24) is 4.57 Å². The van der Waals surface area contributed by atoms with E-state index in [2.05, 4.69) is 0 Å². The lowest BCUT2D eigenvalue weighted by atomic mass is 10.2. The number of hydrogen-bond donors (Lipinski definition) is 0. The molecule has 100 valence electrons. The van der Waals surface area contributed by atoms with Gasteiger partial charge in [0.25, 0.3) is 0 Å². The van der Waals surface area contributed by atoms with E-state index in [9.17, 15) is 9.18 Å². The lowest BCUT2D eigenvalue weighted by molar-refractivity contribution is 0.142. The Morgan fingerprint density at radius 1 is 1.05 bits per heavy atom. The molecule has 3 aromatic rings. The Bertz CT molecular complexity index is 750. The number of ether oxygens (including phenoxy) is 1. The molecule has 4 heteroatoms. The second kappa shape index (κ2) is 5.17. The number of carbonyl (C=O) groups excluding carboxylic acids is 1. The normalized spacial score (nSPS) is 10.7. The molecular formula is C16H12FNO2. The van der Waals surface area contributed by atoms with Crippen molar-refractivity contribution in [2.45, 2.75) is 6.61 Å². The van der Waals surface area contributed by atoms with Crippen molar-refractivity contribution >= 4 is 17.0 Å². The van der Waals surface area contributed by atoms with Crippen molar-refractivity contribution in [3.05, 3.63) is 72.2 Å². The first-order valence-electron chi connectivity index (χ1n) is 6.22. The summed E-state index contributed by atoms with van der Waals surface area (Å²) in [6.45, 7) is 0.189. The predicted molar refractivity (Wildman–Crippen MR) is 73.9 cm³/mol. The SMILES string of the molecule is O=C(OCc1ccccc1)n1ccc2c(F)cccc21. The van der Waals surface area contributed by atoms with Gasteiger partial charge >= 0.3 is 6.09 Å². The van der Waals surface area contributed by atoms with Gasteiger partial charge in [0.05, 0.1) is 5.52 Å². The van der Waals surface area contributed by atoms with Crippen LogP contribution in [0, 0.1) is 5.82 Å². The van der Waals surface area contributed by atoms with E-state index >= 15 is 0 Å². The lowest BCUT2D eigenvalue weighted by Crippen LogP contribution is -2.12. The summed E-state index contributed by atoms with van der Waals surface area (Å²) in [5.41, 5.74) is 1.41. The maximum absolute atomic E-state index is 13.5. The molecule has 0 unspecified atom stereocenters. The minimum Gasteiger partial charge on any atom is -0.444 e. The Morgan fingerprint density at radius 3 is 2.65 bits per heavy atom. The van der Waals surface area contributed by atoms with E-state index in [1.165, 1.54) is 16.8 Å². The van der Waals surface area contributed by atoms with E-state index in [1.54, 1.807) is 18.2 Å². The van der Waals surface area contributed by atoms with Gasteiger partial charge in [-0.1, -0.05) is 36.4 Å². The molecule has 20 heavy (non-hydrogen) atoms. The van der Waals surface area contributed by atoms with Crippen LogP contribution in [0.25, 0.3) is 10.9 Å². The van der Waals surface area contributed by atoms with Gasteiger partial charge in [-0.15, -0.1) is 0 Å². The Morgan fingerprint density at radius 2 is 1.85 bits per heavy atom. The van der Waals surface area contributed by atoms with Gasteiger partial charge in [0.15, 0.2) is 0 Å². The molecule has 0 bridgehead atoms. The fraction of sp³-hybridized carbons (Fsp3) is 0.0625. The van der Waals surface area contributed by atoms with Crippen molar-refractivity contribution in [1.29, 1.82) is 0 Å². The molecule has 1 heterocycles. The van der Waals surface area contributed by atoms with Crippen LogP contribution in [-0.2, 0) is 11.3 Å². The summed E-state index contributed by atoms with van der Waals surface area (Å²) in [4.78, 5) is 12.0. The third-order valence-electron chi connectivity index (χ3n) is 3.08. The Hall–Kier alpha value is -2.62. The van der Waals surface area contributed by atoms with Crippen LogP contribution in [0.3, 0.4) is 0 Å². The summed E-state index contributed by atoms with van der Waals surface area (Å²) in [6.07, 6.45) is 0.996. The smallest absolute Gasteiger partial charge is 0.418 e. The monoisotopic (exact) mass is 269 g/mol. The molecule has 0 aliphatic carbocycles. The zero-order chi connectivity index (χ0) is 13.9. The molecule has 0 saturated carbocycles. The molecule has 0 aliphatic heterocycles. The Kier molecular flexibility index (Phi) is 3.21. The number of nitrogens with zero attached hydrogens (tertiary/aromatic N) is 1. The molecule has 0 atom stereocenters. The lowest BCUT2D eigenvalue weighted by Gasteiger charge is -2.06. The molecule has 0 N–H and O–H groups in total. The third-order valence-corrected chi connectivity index (χ3v) is 3.08. The van der Waals surface area contributed by atoms with E-state index in [-0.39, 0.29) is 12.4 Å². The molecule has 2 aromatic carbocycles. The first-order chi connectivity index (χ1) is 9.75. The van der Waals surface area contributed by atoms with Crippen LogP contribution in [0.15, 0.2) is 60.8 Å². The number of halogens is 1. The zero-order valence-corrected chi connectivity index (χ0v) is 10.6. The van der Waals surface area contributed by atoms with Crippen LogP contribution in [0.4, 0.5) is 9.18 Å². The molecular weight excluding hydrogens is 257 g/mol. The highest BCUT2D eigenvalue weighted by atomic mass is 19.1. The predicted octanol–water partition coefficient (Wildman–Crippen LogP) is 3.97. The van der Waals surface area contributed by atoms with Crippen molar-refractivity contribution in [2.75, 3.05) is 0 Å². The summed E-state index contributed by atoms with van der Waals surface area (Å²) in [5.74, 6) is -0.350. The van der Waals surface area contributed by atoms with Crippen LogP contribution in [-0.4, -0.2) is 10.7 Å². The number of rotatable bonds is 2. The van der Waals surface area contributed by atoms with E-state index in [0.29, 0.717) is 10.9 Å². The molecule has 1 aromatic heterocycles. The van der Waals surface area contributed by atoms with Crippen LogP contribution in [0.1, 0.15) is 5.56 Å². The second-order valence-corrected chi connectivity index (χ2v) is 4.40. The quantitative estimate of drug-likeness (QED) is 0.705. The topological polar surface area (TPSA) is 31.2 Å². The number of benzene rings is 2. The highest BCUT2D eigenvalue weighted by Crippen LogP contribution is 2.19. The first-order valence-corrected chi connectivity index (χ1v) is 6.22. The van der Waals surface area contributed by atoms with Crippen LogP contribution in [0.2, 0.25) is 0 Å². The summed E-state index contributed by atoms with van der Waals surface area (Å²) < 4.78 is 20.1. The fourth-order valence-electron chi connectivity index (χ4n) is 2.08. The van der Waals surface area contributed by atoms with Crippen LogP contribution in [0.5, 0.6) is 0 Å². The molecule has 0 fully saturated rings. The van der Waals surface area contributed by atoms with E-state index in [0.717, 1.165) is 5.56 Å². The van der Waals surface area contributed by atoms with E-state index in [1.807, 2.05) is 30.3 Å². The van der Waals surface area contributed by atoms with Gasteiger partial charge in [-0.3, -0.25) is 4.57 Å². The third kappa shape index (κ3) is 2.28. The minimum absolute atomic E-state index is 0.189.